The largest absolute Gasteiger partial charge is 0.496 e. The van der Waals surface area contributed by atoms with Crippen LogP contribution < -0.4 is 4.74 Å². The number of nitrogens with one attached hydrogen (secondary N) is 1. The first-order valence-corrected chi connectivity index (χ1v) is 6.15. The first-order valence-electron chi connectivity index (χ1n) is 5.74. The molecule has 0 spiro atoms. The monoisotopic (exact) mass is 260 g/mol. The lowest BCUT2D eigenvalue weighted by Crippen LogP contribution is -1.98. The van der Waals surface area contributed by atoms with Gasteiger partial charge in [0, 0.05) is 11.1 Å². The predicted octanol–water partition coefficient (Wildman–Crippen LogP) is 3.74. The Morgan fingerprint density at radius 3 is 2.61 bits per heavy atom. The van der Waals surface area contributed by atoms with E-state index in [1.807, 2.05) is 13.0 Å². The van der Waals surface area contributed by atoms with Crippen LogP contribution in [0.25, 0.3) is 11.3 Å². The molecule has 1 aromatic carbocycles. The van der Waals surface area contributed by atoms with Crippen molar-refractivity contribution in [3.05, 3.63) is 39.8 Å². The highest BCUT2D eigenvalue weighted by Gasteiger charge is 2.13. The second-order valence-corrected chi connectivity index (χ2v) is 4.75. The first kappa shape index (κ1) is 12.8. The molecule has 3 nitrogen and oxygen atoms in total. The van der Waals surface area contributed by atoms with E-state index in [2.05, 4.69) is 29.9 Å². The van der Waals surface area contributed by atoms with Crippen LogP contribution in [0.3, 0.4) is 0 Å². The van der Waals surface area contributed by atoms with Crippen LogP contribution in [0.1, 0.15) is 16.7 Å². The SMILES string of the molecule is COc1cc(C)cc(C)c1-c1[nH]cnc(=S)c1C. The maximum atomic E-state index is 5.48. The van der Waals surface area contributed by atoms with E-state index in [4.69, 9.17) is 17.0 Å². The fraction of sp³-hybridized carbons (Fsp3) is 0.286. The molecule has 1 aromatic heterocycles. The highest BCUT2D eigenvalue weighted by Crippen LogP contribution is 2.34. The number of methoxy groups -OCH3 is 1. The fourth-order valence-corrected chi connectivity index (χ4v) is 2.29. The zero-order valence-electron chi connectivity index (χ0n) is 11.0. The van der Waals surface area contributed by atoms with Crippen LogP contribution in [0.15, 0.2) is 18.5 Å². The van der Waals surface area contributed by atoms with Crippen molar-refractivity contribution < 1.29 is 4.74 Å². The maximum Gasteiger partial charge on any atom is 0.132 e. The summed E-state index contributed by atoms with van der Waals surface area (Å²) in [7, 11) is 1.68. The third-order valence-corrected chi connectivity index (χ3v) is 3.41. The number of hydrogen-bond acceptors (Lipinski definition) is 3. The van der Waals surface area contributed by atoms with Crippen molar-refractivity contribution in [2.75, 3.05) is 7.11 Å². The first-order chi connectivity index (χ1) is 8.54. The van der Waals surface area contributed by atoms with Crippen molar-refractivity contribution >= 4 is 12.2 Å². The molecule has 0 radical (unpaired) electrons. The van der Waals surface area contributed by atoms with Crippen molar-refractivity contribution in [3.8, 4) is 17.0 Å². The normalized spacial score (nSPS) is 10.4. The number of hydrogen-bond donors (Lipinski definition) is 1. The fourth-order valence-electron chi connectivity index (χ4n) is 2.14. The summed E-state index contributed by atoms with van der Waals surface area (Å²) in [5.74, 6) is 0.854. The van der Waals surface area contributed by atoms with Crippen molar-refractivity contribution in [1.29, 1.82) is 0 Å². The molecule has 1 heterocycles. The minimum Gasteiger partial charge on any atom is -0.496 e. The number of rotatable bonds is 2. The molecule has 4 heteroatoms. The van der Waals surface area contributed by atoms with E-state index < -0.39 is 0 Å². The molecule has 0 amide bonds. The summed E-state index contributed by atoms with van der Waals surface area (Å²) in [5.41, 5.74) is 5.33. The van der Waals surface area contributed by atoms with E-state index >= 15 is 0 Å². The van der Waals surface area contributed by atoms with Gasteiger partial charge in [-0.25, -0.2) is 4.98 Å². The van der Waals surface area contributed by atoms with Crippen LogP contribution in [-0.2, 0) is 0 Å². The molecular formula is C14H16N2OS. The van der Waals surface area contributed by atoms with Crippen molar-refractivity contribution in [3.63, 3.8) is 0 Å². The summed E-state index contributed by atoms with van der Waals surface area (Å²) < 4.78 is 6.10. The van der Waals surface area contributed by atoms with Crippen LogP contribution >= 0.6 is 12.2 Å². The van der Waals surface area contributed by atoms with E-state index in [1.165, 1.54) is 5.56 Å². The van der Waals surface area contributed by atoms with Gasteiger partial charge in [0.1, 0.15) is 10.4 Å². The van der Waals surface area contributed by atoms with Gasteiger partial charge in [0.05, 0.1) is 19.1 Å². The lowest BCUT2D eigenvalue weighted by molar-refractivity contribution is 0.415. The molecule has 0 aliphatic rings. The molecule has 1 N–H and O–H groups in total. The number of aromatic nitrogens is 2. The average Bonchev–Trinajstić information content (AvgIpc) is 2.32. The molecule has 0 atom stereocenters. The second kappa shape index (κ2) is 4.90. The summed E-state index contributed by atoms with van der Waals surface area (Å²) in [4.78, 5) is 7.26. The highest BCUT2D eigenvalue weighted by molar-refractivity contribution is 7.71. The molecule has 0 aliphatic carbocycles. The Morgan fingerprint density at radius 1 is 1.22 bits per heavy atom. The predicted molar refractivity (Wildman–Crippen MR) is 75.6 cm³/mol. The number of nitrogens with zero attached hydrogens (tertiary/aromatic N) is 1. The quantitative estimate of drug-likeness (QED) is 0.836. The minimum absolute atomic E-state index is 0.616. The Hall–Kier alpha value is -1.68. The van der Waals surface area contributed by atoms with Crippen LogP contribution in [0, 0.1) is 25.4 Å². The van der Waals surface area contributed by atoms with Crippen molar-refractivity contribution in [2.45, 2.75) is 20.8 Å². The maximum absolute atomic E-state index is 5.48. The molecule has 0 fully saturated rings. The van der Waals surface area contributed by atoms with E-state index in [0.29, 0.717) is 4.64 Å². The minimum atomic E-state index is 0.616. The third kappa shape index (κ3) is 2.16. The van der Waals surface area contributed by atoms with Crippen LogP contribution in [-0.4, -0.2) is 17.1 Å². The Bertz CT molecular complexity index is 647. The zero-order valence-corrected chi connectivity index (χ0v) is 11.8. The molecule has 0 aliphatic heterocycles. The van der Waals surface area contributed by atoms with Gasteiger partial charge in [-0.05, 0) is 38.0 Å². The van der Waals surface area contributed by atoms with Gasteiger partial charge in [0.2, 0.25) is 0 Å². The third-order valence-electron chi connectivity index (χ3n) is 3.00. The Morgan fingerprint density at radius 2 is 1.94 bits per heavy atom. The summed E-state index contributed by atoms with van der Waals surface area (Å²) >= 11 is 5.22. The van der Waals surface area contributed by atoms with Crippen LogP contribution in [0.2, 0.25) is 0 Å². The lowest BCUT2D eigenvalue weighted by Gasteiger charge is -2.14. The zero-order chi connectivity index (χ0) is 13.3. The molecule has 0 saturated heterocycles. The molecule has 2 aromatic rings. The van der Waals surface area contributed by atoms with Gasteiger partial charge in [-0.15, -0.1) is 0 Å². The van der Waals surface area contributed by atoms with E-state index in [9.17, 15) is 0 Å². The average molecular weight is 260 g/mol. The number of ether oxygens (including phenoxy) is 1. The molecule has 0 saturated carbocycles. The summed E-state index contributed by atoms with van der Waals surface area (Å²) in [6.45, 7) is 6.10. The molecule has 0 bridgehead atoms. The van der Waals surface area contributed by atoms with Crippen LogP contribution in [0.5, 0.6) is 5.75 Å². The number of aromatic amines is 1. The summed E-state index contributed by atoms with van der Waals surface area (Å²) in [6.07, 6.45) is 1.63. The van der Waals surface area contributed by atoms with E-state index in [0.717, 1.165) is 28.1 Å². The van der Waals surface area contributed by atoms with Gasteiger partial charge < -0.3 is 9.72 Å². The summed E-state index contributed by atoms with van der Waals surface area (Å²) in [6, 6.07) is 4.16. The number of H-pyrrole nitrogens is 1. The second-order valence-electron chi connectivity index (χ2n) is 4.37. The molecule has 2 rings (SSSR count). The molecule has 18 heavy (non-hydrogen) atoms. The standard InChI is InChI=1S/C14H16N2OS/c1-8-5-9(2)12(11(6-8)17-4)13-10(3)14(18)16-7-15-13/h5-7H,1-4H3,(H,15,16,18). The molecule has 0 unspecified atom stereocenters. The van der Waals surface area contributed by atoms with Crippen LogP contribution in [0.4, 0.5) is 0 Å². The Balaban J connectivity index is 2.78. The Labute approximate surface area is 112 Å². The van der Waals surface area contributed by atoms with Gasteiger partial charge in [0.25, 0.3) is 0 Å². The smallest absolute Gasteiger partial charge is 0.132 e. The van der Waals surface area contributed by atoms with Crippen molar-refractivity contribution in [2.24, 2.45) is 0 Å². The number of benzene rings is 1. The van der Waals surface area contributed by atoms with Gasteiger partial charge in [-0.1, -0.05) is 18.3 Å². The van der Waals surface area contributed by atoms with Gasteiger partial charge in [0.15, 0.2) is 0 Å². The Kier molecular flexibility index (Phi) is 3.48. The summed E-state index contributed by atoms with van der Waals surface area (Å²) in [5, 5.41) is 0. The molecule has 94 valence electrons. The van der Waals surface area contributed by atoms with Gasteiger partial charge >= 0.3 is 0 Å². The van der Waals surface area contributed by atoms with E-state index in [1.54, 1.807) is 13.4 Å². The molecular weight excluding hydrogens is 244 g/mol. The van der Waals surface area contributed by atoms with Crippen molar-refractivity contribution in [1.82, 2.24) is 9.97 Å². The topological polar surface area (TPSA) is 37.9 Å². The highest BCUT2D eigenvalue weighted by atomic mass is 32.1. The van der Waals surface area contributed by atoms with E-state index in [-0.39, 0.29) is 0 Å². The van der Waals surface area contributed by atoms with Gasteiger partial charge in [-0.3, -0.25) is 0 Å². The lowest BCUT2D eigenvalue weighted by atomic mass is 9.99. The van der Waals surface area contributed by atoms with Gasteiger partial charge in [-0.2, -0.15) is 0 Å². The number of aryl methyl sites for hydroxylation is 2.